The van der Waals surface area contributed by atoms with Crippen LogP contribution in [0.3, 0.4) is 0 Å². The highest BCUT2D eigenvalue weighted by atomic mass is 79.9. The first-order valence-electron chi connectivity index (χ1n) is 5.64. The van der Waals surface area contributed by atoms with Crippen molar-refractivity contribution < 1.29 is 4.79 Å². The molecule has 0 aromatic heterocycles. The largest absolute Gasteiger partial charge is 0.389 e. The number of benzene rings is 2. The predicted molar refractivity (Wildman–Crippen MR) is 89.4 cm³/mol. The quantitative estimate of drug-likeness (QED) is 0.804. The third-order valence-electron chi connectivity index (χ3n) is 2.62. The summed E-state index contributed by atoms with van der Waals surface area (Å²) in [6.45, 7) is 0. The zero-order valence-corrected chi connectivity index (χ0v) is 13.3. The molecular formula is C14H10BrClN2OS. The Morgan fingerprint density at radius 2 is 1.90 bits per heavy atom. The van der Waals surface area contributed by atoms with E-state index in [0.717, 1.165) is 0 Å². The predicted octanol–water partition coefficient (Wildman–Crippen LogP) is 3.99. The SMILES string of the molecule is NC(=S)c1ccccc1NC(=O)c1ccc(Cl)cc1Br. The maximum atomic E-state index is 12.3. The van der Waals surface area contributed by atoms with Crippen LogP contribution in [0.5, 0.6) is 0 Å². The monoisotopic (exact) mass is 368 g/mol. The molecule has 6 heteroatoms. The van der Waals surface area contributed by atoms with Crippen LogP contribution in [-0.2, 0) is 0 Å². The molecule has 0 spiro atoms. The first-order valence-corrected chi connectivity index (χ1v) is 7.22. The average molecular weight is 370 g/mol. The smallest absolute Gasteiger partial charge is 0.256 e. The minimum absolute atomic E-state index is 0.232. The molecule has 0 fully saturated rings. The zero-order valence-electron chi connectivity index (χ0n) is 10.2. The second kappa shape index (κ2) is 6.35. The Balaban J connectivity index is 2.30. The fourth-order valence-electron chi connectivity index (χ4n) is 1.67. The third-order valence-corrected chi connectivity index (χ3v) is 3.73. The van der Waals surface area contributed by atoms with Gasteiger partial charge in [-0.2, -0.15) is 0 Å². The van der Waals surface area contributed by atoms with Crippen LogP contribution in [0.1, 0.15) is 15.9 Å². The molecule has 3 N–H and O–H groups in total. The van der Waals surface area contributed by atoms with Gasteiger partial charge in [-0.15, -0.1) is 0 Å². The van der Waals surface area contributed by atoms with Crippen LogP contribution < -0.4 is 11.1 Å². The first-order chi connectivity index (χ1) is 9.49. The summed E-state index contributed by atoms with van der Waals surface area (Å²) in [5.41, 5.74) is 7.31. The first kappa shape index (κ1) is 15.0. The van der Waals surface area contributed by atoms with Crippen LogP contribution in [0.2, 0.25) is 5.02 Å². The lowest BCUT2D eigenvalue weighted by atomic mass is 10.1. The number of anilines is 1. The van der Waals surface area contributed by atoms with Crippen molar-refractivity contribution in [2.24, 2.45) is 5.73 Å². The average Bonchev–Trinajstić information content (AvgIpc) is 2.38. The molecule has 1 amide bonds. The number of rotatable bonds is 3. The molecule has 0 aliphatic heterocycles. The summed E-state index contributed by atoms with van der Waals surface area (Å²) in [6, 6.07) is 12.1. The fraction of sp³-hybridized carbons (Fsp3) is 0. The molecule has 0 atom stereocenters. The molecule has 0 saturated carbocycles. The summed E-state index contributed by atoms with van der Waals surface area (Å²) in [6.07, 6.45) is 0. The molecule has 0 saturated heterocycles. The highest BCUT2D eigenvalue weighted by Gasteiger charge is 2.13. The standard InChI is InChI=1S/C14H10BrClN2OS/c15-11-7-8(16)5-6-9(11)14(19)18-12-4-2-1-3-10(12)13(17)20/h1-7H,(H2,17,20)(H,18,19). The molecule has 102 valence electrons. The number of thiocarbonyl (C=S) groups is 1. The molecule has 2 rings (SSSR count). The molecule has 0 unspecified atom stereocenters. The number of carbonyl (C=O) groups is 1. The highest BCUT2D eigenvalue weighted by molar-refractivity contribution is 9.10. The molecule has 0 bridgehead atoms. The number of halogens is 2. The van der Waals surface area contributed by atoms with Crippen molar-refractivity contribution in [3.05, 3.63) is 63.1 Å². The van der Waals surface area contributed by atoms with Crippen molar-refractivity contribution in [3.63, 3.8) is 0 Å². The van der Waals surface area contributed by atoms with E-state index in [1.807, 2.05) is 6.07 Å². The Bertz CT molecular complexity index is 691. The van der Waals surface area contributed by atoms with E-state index in [0.29, 0.717) is 26.3 Å². The van der Waals surface area contributed by atoms with Gasteiger partial charge in [0, 0.05) is 15.1 Å². The summed E-state index contributed by atoms with van der Waals surface area (Å²) in [5.74, 6) is -0.266. The van der Waals surface area contributed by atoms with Gasteiger partial charge in [0.15, 0.2) is 0 Å². The molecular weight excluding hydrogens is 360 g/mol. The minimum atomic E-state index is -0.266. The summed E-state index contributed by atoms with van der Waals surface area (Å²) in [5, 5.41) is 3.34. The maximum Gasteiger partial charge on any atom is 0.256 e. The lowest BCUT2D eigenvalue weighted by Gasteiger charge is -2.11. The van der Waals surface area contributed by atoms with E-state index in [2.05, 4.69) is 21.2 Å². The minimum Gasteiger partial charge on any atom is -0.389 e. The molecule has 2 aromatic rings. The summed E-state index contributed by atoms with van der Waals surface area (Å²) in [4.78, 5) is 12.5. The van der Waals surface area contributed by atoms with E-state index in [1.54, 1.807) is 36.4 Å². The molecule has 3 nitrogen and oxygen atoms in total. The Kier molecular flexibility index (Phi) is 4.75. The van der Waals surface area contributed by atoms with Crippen LogP contribution in [0, 0.1) is 0 Å². The Labute approximate surface area is 135 Å². The van der Waals surface area contributed by atoms with Gasteiger partial charge >= 0.3 is 0 Å². The molecule has 20 heavy (non-hydrogen) atoms. The van der Waals surface area contributed by atoms with Crippen LogP contribution >= 0.6 is 39.7 Å². The Hall–Kier alpha value is -1.43. The normalized spacial score (nSPS) is 10.1. The number of hydrogen-bond acceptors (Lipinski definition) is 2. The van der Waals surface area contributed by atoms with E-state index in [-0.39, 0.29) is 10.9 Å². The second-order valence-electron chi connectivity index (χ2n) is 3.99. The van der Waals surface area contributed by atoms with Crippen molar-refractivity contribution in [1.82, 2.24) is 0 Å². The van der Waals surface area contributed by atoms with Crippen LogP contribution in [0.15, 0.2) is 46.9 Å². The number of para-hydroxylation sites is 1. The topological polar surface area (TPSA) is 55.1 Å². The molecule has 2 aromatic carbocycles. The number of carbonyl (C=O) groups excluding carboxylic acids is 1. The Morgan fingerprint density at radius 1 is 1.20 bits per heavy atom. The lowest BCUT2D eigenvalue weighted by molar-refractivity contribution is 0.102. The van der Waals surface area contributed by atoms with Gasteiger partial charge in [-0.3, -0.25) is 4.79 Å². The van der Waals surface area contributed by atoms with Gasteiger partial charge in [0.25, 0.3) is 5.91 Å². The number of amides is 1. The summed E-state index contributed by atoms with van der Waals surface area (Å²) in [7, 11) is 0. The number of hydrogen-bond donors (Lipinski definition) is 2. The van der Waals surface area contributed by atoms with Crippen LogP contribution in [0.4, 0.5) is 5.69 Å². The van der Waals surface area contributed by atoms with Gasteiger partial charge < -0.3 is 11.1 Å². The molecule has 0 aliphatic rings. The summed E-state index contributed by atoms with van der Waals surface area (Å²) >= 11 is 14.1. The fourth-order valence-corrected chi connectivity index (χ4v) is 2.71. The van der Waals surface area contributed by atoms with Crippen LogP contribution in [0.25, 0.3) is 0 Å². The van der Waals surface area contributed by atoms with Crippen molar-refractivity contribution in [2.75, 3.05) is 5.32 Å². The highest BCUT2D eigenvalue weighted by Crippen LogP contribution is 2.23. The van der Waals surface area contributed by atoms with E-state index in [9.17, 15) is 4.79 Å². The Morgan fingerprint density at radius 3 is 2.55 bits per heavy atom. The molecule has 0 aliphatic carbocycles. The van der Waals surface area contributed by atoms with Gasteiger partial charge in [-0.05, 0) is 46.3 Å². The van der Waals surface area contributed by atoms with E-state index >= 15 is 0 Å². The summed E-state index contributed by atoms with van der Waals surface area (Å²) < 4.78 is 0.621. The van der Waals surface area contributed by atoms with E-state index in [4.69, 9.17) is 29.6 Å². The van der Waals surface area contributed by atoms with Gasteiger partial charge in [0.05, 0.1) is 11.3 Å². The van der Waals surface area contributed by atoms with Crippen LogP contribution in [-0.4, -0.2) is 10.9 Å². The lowest BCUT2D eigenvalue weighted by Crippen LogP contribution is -2.17. The van der Waals surface area contributed by atoms with E-state index in [1.165, 1.54) is 0 Å². The van der Waals surface area contributed by atoms with Gasteiger partial charge in [-0.1, -0.05) is 36.0 Å². The zero-order chi connectivity index (χ0) is 14.7. The van der Waals surface area contributed by atoms with E-state index < -0.39 is 0 Å². The van der Waals surface area contributed by atoms with Crippen molar-refractivity contribution in [2.45, 2.75) is 0 Å². The molecule has 0 radical (unpaired) electrons. The van der Waals surface area contributed by atoms with Crippen molar-refractivity contribution in [1.29, 1.82) is 0 Å². The maximum absolute atomic E-state index is 12.3. The van der Waals surface area contributed by atoms with Crippen molar-refractivity contribution >= 4 is 56.3 Å². The van der Waals surface area contributed by atoms with Gasteiger partial charge in [0.1, 0.15) is 4.99 Å². The van der Waals surface area contributed by atoms with Crippen molar-refractivity contribution in [3.8, 4) is 0 Å². The molecule has 0 heterocycles. The second-order valence-corrected chi connectivity index (χ2v) is 5.72. The van der Waals surface area contributed by atoms with Gasteiger partial charge in [0.2, 0.25) is 0 Å². The van der Waals surface area contributed by atoms with Gasteiger partial charge in [-0.25, -0.2) is 0 Å². The number of nitrogens with one attached hydrogen (secondary N) is 1. The third kappa shape index (κ3) is 3.36. The number of nitrogens with two attached hydrogens (primary N) is 1.